The van der Waals surface area contributed by atoms with E-state index in [4.69, 9.17) is 14.3 Å². The number of furan rings is 1. The van der Waals surface area contributed by atoms with Crippen molar-refractivity contribution in [3.63, 3.8) is 0 Å². The van der Waals surface area contributed by atoms with Gasteiger partial charge in [-0.2, -0.15) is 0 Å². The summed E-state index contributed by atoms with van der Waals surface area (Å²) in [5.74, 6) is 0.655. The van der Waals surface area contributed by atoms with Crippen LogP contribution >= 0.6 is 0 Å². The van der Waals surface area contributed by atoms with Crippen LogP contribution in [-0.2, 0) is 0 Å². The van der Waals surface area contributed by atoms with Gasteiger partial charge in [0.05, 0.1) is 24.0 Å². The monoisotopic (exact) mass is 260 g/mol. The third-order valence-electron chi connectivity index (χ3n) is 2.59. The van der Waals surface area contributed by atoms with Crippen LogP contribution < -0.4 is 4.74 Å². The van der Waals surface area contributed by atoms with Gasteiger partial charge in [0.1, 0.15) is 11.5 Å². The largest absolute Gasteiger partial charge is 0.493 e. The maximum Gasteiger partial charge on any atom is 0.335 e. The van der Waals surface area contributed by atoms with Gasteiger partial charge in [-0.25, -0.2) is 4.79 Å². The normalized spacial score (nSPS) is 10.7. The molecule has 0 aliphatic heterocycles. The Morgan fingerprint density at radius 2 is 2.16 bits per heavy atom. The van der Waals surface area contributed by atoms with Crippen LogP contribution in [0.5, 0.6) is 5.75 Å². The van der Waals surface area contributed by atoms with Crippen LogP contribution in [0.15, 0.2) is 41.0 Å². The number of rotatable bonds is 5. The van der Waals surface area contributed by atoms with Crippen molar-refractivity contribution in [2.45, 2.75) is 13.8 Å². The van der Waals surface area contributed by atoms with Crippen LogP contribution in [0.4, 0.5) is 0 Å². The Morgan fingerprint density at radius 3 is 2.74 bits per heavy atom. The van der Waals surface area contributed by atoms with Gasteiger partial charge in [-0.15, -0.1) is 0 Å². The number of carboxylic acids is 1. The number of carbonyl (C=O) groups is 1. The summed E-state index contributed by atoms with van der Waals surface area (Å²) in [6.07, 6.45) is 1.55. The molecule has 0 atom stereocenters. The van der Waals surface area contributed by atoms with Crippen LogP contribution in [0.2, 0.25) is 0 Å². The fourth-order valence-electron chi connectivity index (χ4n) is 1.67. The number of ether oxygens (including phenoxy) is 1. The lowest BCUT2D eigenvalue weighted by Crippen LogP contribution is -2.06. The van der Waals surface area contributed by atoms with Crippen molar-refractivity contribution in [2.24, 2.45) is 5.92 Å². The minimum atomic E-state index is -0.969. The van der Waals surface area contributed by atoms with E-state index in [0.29, 0.717) is 29.6 Å². The average molecular weight is 260 g/mol. The predicted molar refractivity (Wildman–Crippen MR) is 71.4 cm³/mol. The third kappa shape index (κ3) is 3.16. The molecular formula is C15H16O4. The standard InChI is InChI=1S/C15H16O4/c1-10(2)9-19-14-6-5-11(15(16)17)8-12(14)13-4-3-7-18-13/h3-8,10H,9H2,1-2H3,(H,16,17). The maximum absolute atomic E-state index is 11.0. The Bertz CT molecular complexity index is 556. The molecule has 19 heavy (non-hydrogen) atoms. The van der Waals surface area contributed by atoms with Crippen molar-refractivity contribution in [1.82, 2.24) is 0 Å². The molecule has 1 aromatic heterocycles. The van der Waals surface area contributed by atoms with Crippen LogP contribution in [-0.4, -0.2) is 17.7 Å². The highest BCUT2D eigenvalue weighted by Crippen LogP contribution is 2.31. The van der Waals surface area contributed by atoms with Gasteiger partial charge in [0.25, 0.3) is 0 Å². The van der Waals surface area contributed by atoms with Crippen molar-refractivity contribution in [1.29, 1.82) is 0 Å². The number of aromatic carboxylic acids is 1. The van der Waals surface area contributed by atoms with Gasteiger partial charge in [-0.3, -0.25) is 0 Å². The van der Waals surface area contributed by atoms with Crippen molar-refractivity contribution >= 4 is 5.97 Å². The highest BCUT2D eigenvalue weighted by atomic mass is 16.5. The lowest BCUT2D eigenvalue weighted by atomic mass is 10.1. The quantitative estimate of drug-likeness (QED) is 0.890. The Labute approximate surface area is 111 Å². The van der Waals surface area contributed by atoms with Gasteiger partial charge >= 0.3 is 5.97 Å². The Morgan fingerprint density at radius 1 is 1.37 bits per heavy atom. The molecule has 0 saturated carbocycles. The molecule has 0 amide bonds. The minimum absolute atomic E-state index is 0.211. The summed E-state index contributed by atoms with van der Waals surface area (Å²) >= 11 is 0. The first-order valence-corrected chi connectivity index (χ1v) is 6.12. The van der Waals surface area contributed by atoms with E-state index < -0.39 is 5.97 Å². The highest BCUT2D eigenvalue weighted by Gasteiger charge is 2.13. The summed E-state index contributed by atoms with van der Waals surface area (Å²) < 4.78 is 11.0. The first kappa shape index (κ1) is 13.2. The van der Waals surface area contributed by atoms with Gasteiger partial charge in [0.15, 0.2) is 0 Å². The fourth-order valence-corrected chi connectivity index (χ4v) is 1.67. The zero-order valence-electron chi connectivity index (χ0n) is 10.9. The Balaban J connectivity index is 2.39. The van der Waals surface area contributed by atoms with E-state index in [1.165, 1.54) is 6.07 Å². The third-order valence-corrected chi connectivity index (χ3v) is 2.59. The minimum Gasteiger partial charge on any atom is -0.493 e. The SMILES string of the molecule is CC(C)COc1ccc(C(=O)O)cc1-c1ccco1. The molecule has 0 saturated heterocycles. The zero-order valence-corrected chi connectivity index (χ0v) is 10.9. The summed E-state index contributed by atoms with van der Waals surface area (Å²) in [6.45, 7) is 4.68. The Hall–Kier alpha value is -2.23. The number of hydrogen-bond donors (Lipinski definition) is 1. The number of benzene rings is 1. The van der Waals surface area contributed by atoms with Crippen LogP contribution in [0, 0.1) is 5.92 Å². The van der Waals surface area contributed by atoms with E-state index in [0.717, 1.165) is 0 Å². The van der Waals surface area contributed by atoms with E-state index in [-0.39, 0.29) is 5.56 Å². The summed E-state index contributed by atoms with van der Waals surface area (Å²) in [5, 5.41) is 9.04. The molecule has 0 aliphatic carbocycles. The lowest BCUT2D eigenvalue weighted by Gasteiger charge is -2.12. The molecule has 1 N–H and O–H groups in total. The molecule has 2 aromatic rings. The van der Waals surface area contributed by atoms with Gasteiger partial charge in [0, 0.05) is 0 Å². The lowest BCUT2D eigenvalue weighted by molar-refractivity contribution is 0.0697. The second-order valence-corrected chi connectivity index (χ2v) is 4.70. The van der Waals surface area contributed by atoms with Crippen LogP contribution in [0.25, 0.3) is 11.3 Å². The second kappa shape index (κ2) is 5.61. The average Bonchev–Trinajstić information content (AvgIpc) is 2.89. The zero-order chi connectivity index (χ0) is 13.8. The molecule has 100 valence electrons. The van der Waals surface area contributed by atoms with E-state index in [2.05, 4.69) is 13.8 Å². The summed E-state index contributed by atoms with van der Waals surface area (Å²) in [6, 6.07) is 8.31. The summed E-state index contributed by atoms with van der Waals surface area (Å²) in [7, 11) is 0. The van der Waals surface area contributed by atoms with Crippen LogP contribution in [0.3, 0.4) is 0 Å². The molecular weight excluding hydrogens is 244 g/mol. The van der Waals surface area contributed by atoms with Crippen molar-refractivity contribution in [3.8, 4) is 17.1 Å². The number of hydrogen-bond acceptors (Lipinski definition) is 3. The smallest absolute Gasteiger partial charge is 0.335 e. The molecule has 2 rings (SSSR count). The Kier molecular flexibility index (Phi) is 3.90. The molecule has 0 aliphatic rings. The van der Waals surface area contributed by atoms with Crippen molar-refractivity contribution in [2.75, 3.05) is 6.61 Å². The van der Waals surface area contributed by atoms with Gasteiger partial charge in [0.2, 0.25) is 0 Å². The fraction of sp³-hybridized carbons (Fsp3) is 0.267. The predicted octanol–water partition coefficient (Wildman–Crippen LogP) is 3.68. The molecule has 1 aromatic carbocycles. The topological polar surface area (TPSA) is 59.7 Å². The highest BCUT2D eigenvalue weighted by molar-refractivity contribution is 5.90. The second-order valence-electron chi connectivity index (χ2n) is 4.70. The van der Waals surface area contributed by atoms with Gasteiger partial charge in [-0.1, -0.05) is 13.8 Å². The molecule has 4 nitrogen and oxygen atoms in total. The maximum atomic E-state index is 11.0. The van der Waals surface area contributed by atoms with E-state index in [1.807, 2.05) is 0 Å². The van der Waals surface area contributed by atoms with Crippen molar-refractivity contribution < 1.29 is 19.1 Å². The summed E-state index contributed by atoms with van der Waals surface area (Å²) in [4.78, 5) is 11.0. The first-order chi connectivity index (χ1) is 9.08. The molecule has 0 fully saturated rings. The molecule has 0 spiro atoms. The number of carboxylic acid groups (broad SMARTS) is 1. The molecule has 0 radical (unpaired) electrons. The van der Waals surface area contributed by atoms with Gasteiger partial charge < -0.3 is 14.3 Å². The molecule has 4 heteroatoms. The van der Waals surface area contributed by atoms with E-state index >= 15 is 0 Å². The van der Waals surface area contributed by atoms with Gasteiger partial charge in [-0.05, 0) is 36.2 Å². The molecule has 1 heterocycles. The summed E-state index contributed by atoms with van der Waals surface area (Å²) in [5.41, 5.74) is 0.869. The van der Waals surface area contributed by atoms with E-state index in [9.17, 15) is 4.79 Å². The van der Waals surface area contributed by atoms with Crippen LogP contribution in [0.1, 0.15) is 24.2 Å². The molecule has 0 unspecified atom stereocenters. The first-order valence-electron chi connectivity index (χ1n) is 6.12. The van der Waals surface area contributed by atoms with Crippen molar-refractivity contribution in [3.05, 3.63) is 42.2 Å². The van der Waals surface area contributed by atoms with E-state index in [1.54, 1.807) is 30.5 Å². The molecule has 0 bridgehead atoms.